The third-order valence-electron chi connectivity index (χ3n) is 2.05. The van der Waals surface area contributed by atoms with Gasteiger partial charge < -0.3 is 11.1 Å². The van der Waals surface area contributed by atoms with E-state index in [4.69, 9.17) is 5.73 Å². The summed E-state index contributed by atoms with van der Waals surface area (Å²) in [4.78, 5) is 4.36. The number of aryl methyl sites for hydroxylation is 1. The van der Waals surface area contributed by atoms with Crippen molar-refractivity contribution in [1.82, 2.24) is 14.8 Å². The molecule has 0 unspecified atom stereocenters. The van der Waals surface area contributed by atoms with Crippen LogP contribution in [0.15, 0.2) is 17.6 Å². The van der Waals surface area contributed by atoms with Crippen molar-refractivity contribution < 1.29 is 0 Å². The Kier molecular flexibility index (Phi) is 2.98. The minimum Gasteiger partial charge on any atom is -0.365 e. The average molecular weight is 223 g/mol. The smallest absolute Gasteiger partial charge is 0.124 e. The van der Waals surface area contributed by atoms with Gasteiger partial charge in [-0.15, -0.1) is 11.3 Å². The molecule has 0 aliphatic rings. The van der Waals surface area contributed by atoms with Crippen LogP contribution >= 0.6 is 11.3 Å². The molecule has 15 heavy (non-hydrogen) atoms. The fourth-order valence-electron chi connectivity index (χ4n) is 1.25. The summed E-state index contributed by atoms with van der Waals surface area (Å²) in [5.41, 5.74) is 6.51. The van der Waals surface area contributed by atoms with Crippen molar-refractivity contribution in [2.75, 3.05) is 5.32 Å². The number of hydrogen-bond acceptors (Lipinski definition) is 5. The van der Waals surface area contributed by atoms with Crippen LogP contribution in [0, 0.1) is 0 Å². The minimum atomic E-state index is 0.510. The second-order valence-electron chi connectivity index (χ2n) is 3.13. The van der Waals surface area contributed by atoms with E-state index in [0.717, 1.165) is 16.5 Å². The number of aromatic nitrogens is 3. The summed E-state index contributed by atoms with van der Waals surface area (Å²) < 4.78 is 1.79. The van der Waals surface area contributed by atoms with Crippen LogP contribution in [0.2, 0.25) is 0 Å². The maximum Gasteiger partial charge on any atom is 0.124 e. The molecule has 0 aromatic carbocycles. The van der Waals surface area contributed by atoms with E-state index in [0.29, 0.717) is 13.1 Å². The Morgan fingerprint density at radius 2 is 2.47 bits per heavy atom. The maximum atomic E-state index is 5.49. The lowest BCUT2D eigenvalue weighted by Crippen LogP contribution is -2.05. The highest BCUT2D eigenvalue weighted by atomic mass is 32.1. The first-order valence-electron chi connectivity index (χ1n) is 4.65. The first kappa shape index (κ1) is 10.1. The van der Waals surface area contributed by atoms with E-state index in [2.05, 4.69) is 15.4 Å². The number of thiazole rings is 1. The molecule has 0 fully saturated rings. The molecular weight excluding hydrogens is 210 g/mol. The molecule has 2 heterocycles. The van der Waals surface area contributed by atoms with E-state index < -0.39 is 0 Å². The van der Waals surface area contributed by atoms with Gasteiger partial charge in [0.2, 0.25) is 0 Å². The fourth-order valence-corrected chi connectivity index (χ4v) is 1.93. The maximum absolute atomic E-state index is 5.49. The number of hydrogen-bond donors (Lipinski definition) is 2. The second kappa shape index (κ2) is 4.41. The van der Waals surface area contributed by atoms with Crippen molar-refractivity contribution in [3.05, 3.63) is 28.3 Å². The van der Waals surface area contributed by atoms with Crippen molar-refractivity contribution >= 4 is 17.2 Å². The van der Waals surface area contributed by atoms with Crippen molar-refractivity contribution in [3.63, 3.8) is 0 Å². The lowest BCUT2D eigenvalue weighted by Gasteiger charge is -2.03. The van der Waals surface area contributed by atoms with E-state index in [-0.39, 0.29) is 0 Å². The molecule has 0 radical (unpaired) electrons. The van der Waals surface area contributed by atoms with E-state index in [9.17, 15) is 0 Å². The van der Waals surface area contributed by atoms with Gasteiger partial charge in [0, 0.05) is 25.0 Å². The first-order chi connectivity index (χ1) is 7.29. The van der Waals surface area contributed by atoms with Gasteiger partial charge in [0.15, 0.2) is 0 Å². The lowest BCUT2D eigenvalue weighted by molar-refractivity contribution is 0.767. The largest absolute Gasteiger partial charge is 0.365 e. The van der Waals surface area contributed by atoms with Gasteiger partial charge in [-0.3, -0.25) is 4.68 Å². The summed E-state index contributed by atoms with van der Waals surface area (Å²) in [5, 5.41) is 10.3. The van der Waals surface area contributed by atoms with Crippen molar-refractivity contribution in [1.29, 1.82) is 0 Å². The molecule has 0 amide bonds. The van der Waals surface area contributed by atoms with Gasteiger partial charge in [-0.05, 0) is 0 Å². The second-order valence-corrected chi connectivity index (χ2v) is 4.07. The highest BCUT2D eigenvalue weighted by Gasteiger charge is 2.01. The number of nitrogens with zero attached hydrogens (tertiary/aromatic N) is 3. The van der Waals surface area contributed by atoms with Gasteiger partial charge in [0.05, 0.1) is 18.4 Å². The van der Waals surface area contributed by atoms with Crippen LogP contribution in [0.1, 0.15) is 10.7 Å². The van der Waals surface area contributed by atoms with Gasteiger partial charge in [-0.1, -0.05) is 0 Å². The molecule has 5 nitrogen and oxygen atoms in total. The Hall–Kier alpha value is -1.40. The third-order valence-corrected chi connectivity index (χ3v) is 2.97. The average Bonchev–Trinajstić information content (AvgIpc) is 2.84. The molecular formula is C9H13N5S. The normalized spacial score (nSPS) is 10.5. The van der Waals surface area contributed by atoms with Gasteiger partial charge in [0.25, 0.3) is 0 Å². The monoisotopic (exact) mass is 223 g/mol. The van der Waals surface area contributed by atoms with Gasteiger partial charge in [-0.2, -0.15) is 5.10 Å². The Morgan fingerprint density at radius 1 is 1.60 bits per heavy atom. The van der Waals surface area contributed by atoms with Gasteiger partial charge in [0.1, 0.15) is 10.8 Å². The summed E-state index contributed by atoms with van der Waals surface area (Å²) in [6, 6.07) is 1.93. The molecule has 0 saturated carbocycles. The van der Waals surface area contributed by atoms with Crippen molar-refractivity contribution in [2.45, 2.75) is 13.1 Å². The quantitative estimate of drug-likeness (QED) is 0.809. The molecule has 0 atom stereocenters. The highest BCUT2D eigenvalue weighted by molar-refractivity contribution is 7.09. The molecule has 0 bridgehead atoms. The van der Waals surface area contributed by atoms with Crippen LogP contribution in [0.3, 0.4) is 0 Å². The van der Waals surface area contributed by atoms with Crippen LogP contribution in [0.4, 0.5) is 5.82 Å². The molecule has 3 N–H and O–H groups in total. The Balaban J connectivity index is 1.96. The Bertz CT molecular complexity index is 433. The molecule has 0 aliphatic carbocycles. The van der Waals surface area contributed by atoms with E-state index in [1.165, 1.54) is 0 Å². The zero-order valence-electron chi connectivity index (χ0n) is 8.47. The standard InChI is InChI=1S/C9H13N5S/c1-14-8(2-3-12-14)11-5-7-6-15-9(4-10)13-7/h2-3,6,11H,4-5,10H2,1H3. The van der Waals surface area contributed by atoms with Crippen LogP contribution in [0.5, 0.6) is 0 Å². The summed E-state index contributed by atoms with van der Waals surface area (Å²) in [6.45, 7) is 1.21. The van der Waals surface area contributed by atoms with Crippen molar-refractivity contribution in [2.24, 2.45) is 12.8 Å². The summed E-state index contributed by atoms with van der Waals surface area (Å²) in [6.07, 6.45) is 1.76. The van der Waals surface area contributed by atoms with Gasteiger partial charge in [-0.25, -0.2) is 4.98 Å². The van der Waals surface area contributed by atoms with E-state index >= 15 is 0 Å². The summed E-state index contributed by atoms with van der Waals surface area (Å²) in [7, 11) is 1.90. The fraction of sp³-hybridized carbons (Fsp3) is 0.333. The summed E-state index contributed by atoms with van der Waals surface area (Å²) >= 11 is 1.59. The van der Waals surface area contributed by atoms with Crippen molar-refractivity contribution in [3.8, 4) is 0 Å². The minimum absolute atomic E-state index is 0.510. The zero-order valence-corrected chi connectivity index (χ0v) is 9.29. The number of nitrogens with one attached hydrogen (secondary N) is 1. The first-order valence-corrected chi connectivity index (χ1v) is 5.53. The molecule has 0 saturated heterocycles. The molecule has 80 valence electrons. The highest BCUT2D eigenvalue weighted by Crippen LogP contribution is 2.11. The third kappa shape index (κ3) is 2.34. The van der Waals surface area contributed by atoms with Gasteiger partial charge >= 0.3 is 0 Å². The molecule has 6 heteroatoms. The van der Waals surface area contributed by atoms with Crippen LogP contribution in [0.25, 0.3) is 0 Å². The number of rotatable bonds is 4. The predicted molar refractivity (Wildman–Crippen MR) is 60.5 cm³/mol. The number of nitrogens with two attached hydrogens (primary N) is 1. The lowest BCUT2D eigenvalue weighted by atomic mass is 10.4. The molecule has 2 rings (SSSR count). The van der Waals surface area contributed by atoms with E-state index in [1.807, 2.05) is 18.5 Å². The van der Waals surface area contributed by atoms with Crippen LogP contribution < -0.4 is 11.1 Å². The molecule has 0 aliphatic heterocycles. The molecule has 0 spiro atoms. The molecule has 2 aromatic heterocycles. The zero-order chi connectivity index (χ0) is 10.7. The Labute approximate surface area is 91.9 Å². The van der Waals surface area contributed by atoms with Crippen LogP contribution in [-0.4, -0.2) is 14.8 Å². The summed E-state index contributed by atoms with van der Waals surface area (Å²) in [5.74, 6) is 0.984. The van der Waals surface area contributed by atoms with E-state index in [1.54, 1.807) is 22.2 Å². The Morgan fingerprint density at radius 3 is 3.07 bits per heavy atom. The number of anilines is 1. The molecule has 2 aromatic rings. The van der Waals surface area contributed by atoms with Crippen LogP contribution in [-0.2, 0) is 20.1 Å². The topological polar surface area (TPSA) is 68.8 Å². The SMILES string of the molecule is Cn1nccc1NCc1csc(CN)n1. The predicted octanol–water partition coefficient (Wildman–Crippen LogP) is 0.947.